The van der Waals surface area contributed by atoms with Gasteiger partial charge in [-0.15, -0.1) is 0 Å². The molecule has 3 N–H and O–H groups in total. The van der Waals surface area contributed by atoms with Crippen LogP contribution < -0.4 is 15.4 Å². The zero-order valence-electron chi connectivity index (χ0n) is 17.6. The van der Waals surface area contributed by atoms with Crippen molar-refractivity contribution in [3.05, 3.63) is 108 Å². The largest absolute Gasteiger partial charge is 0.465 e. The molecule has 7 nitrogen and oxygen atoms in total. The number of carbonyl (C=O) groups excluding carboxylic acids is 1. The number of pyridine rings is 1. The van der Waals surface area contributed by atoms with E-state index in [2.05, 4.69) is 15.6 Å². The molecule has 0 saturated carbocycles. The minimum absolute atomic E-state index is 0.219. The van der Waals surface area contributed by atoms with E-state index < -0.39 is 6.09 Å². The van der Waals surface area contributed by atoms with Gasteiger partial charge in [0.05, 0.1) is 11.9 Å². The van der Waals surface area contributed by atoms with Crippen molar-refractivity contribution in [2.45, 2.75) is 6.54 Å². The molecule has 2 amide bonds. The van der Waals surface area contributed by atoms with Gasteiger partial charge in [0.1, 0.15) is 5.75 Å². The number of nitrogens with zero attached hydrogens (tertiary/aromatic N) is 1. The summed E-state index contributed by atoms with van der Waals surface area (Å²) in [5.74, 6) is 0.712. The third-order valence-electron chi connectivity index (χ3n) is 4.84. The molecule has 3 aromatic carbocycles. The van der Waals surface area contributed by atoms with Crippen molar-refractivity contribution in [1.29, 1.82) is 0 Å². The Kier molecular flexibility index (Phi) is 6.61. The summed E-state index contributed by atoms with van der Waals surface area (Å²) in [6.45, 7) is 0.219. The predicted molar refractivity (Wildman–Crippen MR) is 125 cm³/mol. The zero-order valence-corrected chi connectivity index (χ0v) is 17.6. The lowest BCUT2D eigenvalue weighted by Crippen LogP contribution is -2.19. The highest BCUT2D eigenvalue weighted by Gasteiger charge is 2.08. The van der Waals surface area contributed by atoms with E-state index >= 15 is 0 Å². The minimum atomic E-state index is -1.07. The van der Waals surface area contributed by atoms with Crippen LogP contribution in [0, 0.1) is 0 Å². The van der Waals surface area contributed by atoms with Gasteiger partial charge in [0.25, 0.3) is 5.91 Å². The SMILES string of the molecule is O=C(O)NCc1ccc(Oc2ccc(NC(=O)c3ccc(-c4ccccc4)cc3)cn2)cc1. The topological polar surface area (TPSA) is 101 Å². The summed E-state index contributed by atoms with van der Waals surface area (Å²) >= 11 is 0. The van der Waals surface area contributed by atoms with Gasteiger partial charge in [0.2, 0.25) is 5.88 Å². The fraction of sp³-hybridized carbons (Fsp3) is 0.0385. The summed E-state index contributed by atoms with van der Waals surface area (Å²) in [7, 11) is 0. The summed E-state index contributed by atoms with van der Waals surface area (Å²) in [4.78, 5) is 27.3. The molecule has 0 atom stereocenters. The van der Waals surface area contributed by atoms with E-state index in [9.17, 15) is 9.59 Å². The normalized spacial score (nSPS) is 10.3. The van der Waals surface area contributed by atoms with Crippen LogP contribution in [0.5, 0.6) is 11.6 Å². The van der Waals surface area contributed by atoms with Crippen molar-refractivity contribution in [3.8, 4) is 22.8 Å². The second-order valence-corrected chi connectivity index (χ2v) is 7.19. The zero-order chi connectivity index (χ0) is 23.0. The molecule has 0 unspecified atom stereocenters. The quantitative estimate of drug-likeness (QED) is 0.350. The molecule has 0 fully saturated rings. The number of anilines is 1. The molecule has 0 aliphatic rings. The molecular weight excluding hydrogens is 418 g/mol. The third-order valence-corrected chi connectivity index (χ3v) is 4.84. The van der Waals surface area contributed by atoms with Crippen LogP contribution >= 0.6 is 0 Å². The maximum Gasteiger partial charge on any atom is 0.404 e. The Bertz CT molecular complexity index is 1220. The molecule has 33 heavy (non-hydrogen) atoms. The van der Waals surface area contributed by atoms with Crippen LogP contribution in [0.25, 0.3) is 11.1 Å². The Morgan fingerprint density at radius 3 is 2.15 bits per heavy atom. The van der Waals surface area contributed by atoms with E-state index in [4.69, 9.17) is 9.84 Å². The van der Waals surface area contributed by atoms with Crippen LogP contribution in [0.4, 0.5) is 10.5 Å². The Hall–Kier alpha value is -4.65. The van der Waals surface area contributed by atoms with E-state index in [1.54, 1.807) is 48.5 Å². The van der Waals surface area contributed by atoms with Crippen molar-refractivity contribution in [1.82, 2.24) is 10.3 Å². The first-order valence-electron chi connectivity index (χ1n) is 10.2. The van der Waals surface area contributed by atoms with Crippen LogP contribution in [-0.2, 0) is 6.54 Å². The van der Waals surface area contributed by atoms with Crippen LogP contribution in [0.2, 0.25) is 0 Å². The summed E-state index contributed by atoms with van der Waals surface area (Å²) in [6, 6.07) is 27.8. The molecule has 4 rings (SSSR count). The van der Waals surface area contributed by atoms with E-state index in [1.807, 2.05) is 42.5 Å². The van der Waals surface area contributed by atoms with Gasteiger partial charge >= 0.3 is 6.09 Å². The number of hydrogen-bond acceptors (Lipinski definition) is 4. The Morgan fingerprint density at radius 1 is 0.818 bits per heavy atom. The number of carbonyl (C=O) groups is 2. The monoisotopic (exact) mass is 439 g/mol. The van der Waals surface area contributed by atoms with Crippen LogP contribution in [-0.4, -0.2) is 22.1 Å². The Labute approximate surface area is 190 Å². The van der Waals surface area contributed by atoms with E-state index in [0.717, 1.165) is 16.7 Å². The van der Waals surface area contributed by atoms with Gasteiger partial charge in [0, 0.05) is 18.2 Å². The first-order valence-corrected chi connectivity index (χ1v) is 10.2. The molecule has 7 heteroatoms. The van der Waals surface area contributed by atoms with Gasteiger partial charge in [-0.2, -0.15) is 0 Å². The van der Waals surface area contributed by atoms with Gasteiger partial charge in [-0.25, -0.2) is 9.78 Å². The third kappa shape index (κ3) is 5.95. The molecule has 0 saturated heterocycles. The lowest BCUT2D eigenvalue weighted by atomic mass is 10.0. The molecule has 164 valence electrons. The fourth-order valence-electron chi connectivity index (χ4n) is 3.14. The van der Waals surface area contributed by atoms with Gasteiger partial charge in [-0.3, -0.25) is 4.79 Å². The Balaban J connectivity index is 1.33. The van der Waals surface area contributed by atoms with Crippen molar-refractivity contribution in [3.63, 3.8) is 0 Å². The van der Waals surface area contributed by atoms with Crippen molar-refractivity contribution in [2.24, 2.45) is 0 Å². The summed E-state index contributed by atoms with van der Waals surface area (Å²) < 4.78 is 5.70. The molecule has 1 aromatic heterocycles. The van der Waals surface area contributed by atoms with Gasteiger partial charge in [-0.05, 0) is 47.0 Å². The maximum absolute atomic E-state index is 12.6. The lowest BCUT2D eigenvalue weighted by molar-refractivity contribution is 0.102. The second kappa shape index (κ2) is 10.1. The molecule has 0 spiro atoms. The van der Waals surface area contributed by atoms with Crippen LogP contribution in [0.3, 0.4) is 0 Å². The number of benzene rings is 3. The molecule has 0 aliphatic heterocycles. The standard InChI is InChI=1S/C26H21N3O4/c30-25(21-10-8-20(9-11-21)19-4-2-1-3-5-19)29-22-12-15-24(27-17-22)33-23-13-6-18(7-14-23)16-28-26(31)32/h1-15,17,28H,16H2,(H,29,30)(H,31,32). The number of ether oxygens (including phenoxy) is 1. The average Bonchev–Trinajstić information content (AvgIpc) is 2.85. The number of rotatable bonds is 7. The molecule has 0 bridgehead atoms. The number of hydrogen-bond donors (Lipinski definition) is 3. The first kappa shape index (κ1) is 21.6. The predicted octanol–water partition coefficient (Wildman–Crippen LogP) is 5.56. The molecule has 0 aliphatic carbocycles. The Morgan fingerprint density at radius 2 is 1.52 bits per heavy atom. The number of amides is 2. The number of carboxylic acid groups (broad SMARTS) is 1. The molecule has 0 radical (unpaired) electrons. The molecular formula is C26H21N3O4. The van der Waals surface area contributed by atoms with E-state index in [0.29, 0.717) is 22.9 Å². The van der Waals surface area contributed by atoms with E-state index in [-0.39, 0.29) is 12.5 Å². The lowest BCUT2D eigenvalue weighted by Gasteiger charge is -2.09. The first-order chi connectivity index (χ1) is 16.1. The molecule has 4 aromatic rings. The summed E-state index contributed by atoms with van der Waals surface area (Å²) in [5, 5.41) is 13.8. The van der Waals surface area contributed by atoms with Crippen molar-refractivity contribution < 1.29 is 19.4 Å². The highest BCUT2D eigenvalue weighted by Crippen LogP contribution is 2.22. The number of nitrogens with one attached hydrogen (secondary N) is 2. The minimum Gasteiger partial charge on any atom is -0.465 e. The summed E-state index contributed by atoms with van der Waals surface area (Å²) in [6.07, 6.45) is 0.451. The van der Waals surface area contributed by atoms with Crippen LogP contribution in [0.1, 0.15) is 15.9 Å². The second-order valence-electron chi connectivity index (χ2n) is 7.19. The van der Waals surface area contributed by atoms with Crippen LogP contribution in [0.15, 0.2) is 97.2 Å². The van der Waals surface area contributed by atoms with Gasteiger partial charge in [-0.1, -0.05) is 54.6 Å². The highest BCUT2D eigenvalue weighted by molar-refractivity contribution is 6.04. The average molecular weight is 439 g/mol. The maximum atomic E-state index is 12.6. The fourth-order valence-corrected chi connectivity index (χ4v) is 3.14. The van der Waals surface area contributed by atoms with E-state index in [1.165, 1.54) is 6.20 Å². The van der Waals surface area contributed by atoms with Crippen molar-refractivity contribution >= 4 is 17.7 Å². The van der Waals surface area contributed by atoms with Gasteiger partial charge in [0.15, 0.2) is 0 Å². The smallest absolute Gasteiger partial charge is 0.404 e. The van der Waals surface area contributed by atoms with Gasteiger partial charge < -0.3 is 20.5 Å². The summed E-state index contributed by atoms with van der Waals surface area (Å²) in [5.41, 5.74) is 4.05. The number of aromatic nitrogens is 1. The molecule has 1 heterocycles. The highest BCUT2D eigenvalue weighted by atomic mass is 16.5. The van der Waals surface area contributed by atoms with Crippen molar-refractivity contribution in [2.75, 3.05) is 5.32 Å².